The lowest BCUT2D eigenvalue weighted by molar-refractivity contribution is -0.137. The Morgan fingerprint density at radius 1 is 1.02 bits per heavy atom. The Balaban J connectivity index is 1.53. The Bertz CT molecular complexity index is 1400. The molecule has 2 aromatic carbocycles. The highest BCUT2D eigenvalue weighted by Gasteiger charge is 2.43. The molecule has 0 saturated carbocycles. The minimum atomic E-state index is -0.704. The maximum atomic E-state index is 11.0. The standard InChI is InChI=1S/C36H49N3O2/c1-7-39-30-21-29-27(20-26(30)23(2)22-35(39,3)4)33(37-16-10-8-9-15-31(40)41)28-19-24-13-11-17-38-18-12-14-25(34(24)38)32(28)36(29,5)6/h19-21,23H,7-18,22H2,1-6H3,(H,40,41). The van der Waals surface area contributed by atoms with Crippen molar-refractivity contribution >= 4 is 23.1 Å². The molecule has 0 radical (unpaired) electrons. The van der Waals surface area contributed by atoms with Crippen LogP contribution in [0.5, 0.6) is 0 Å². The highest BCUT2D eigenvalue weighted by molar-refractivity contribution is 6.18. The zero-order chi connectivity index (χ0) is 29.1. The van der Waals surface area contributed by atoms with Crippen molar-refractivity contribution in [3.05, 3.63) is 57.1 Å². The van der Waals surface area contributed by atoms with E-state index >= 15 is 0 Å². The van der Waals surface area contributed by atoms with E-state index in [0.29, 0.717) is 5.92 Å². The monoisotopic (exact) mass is 555 g/mol. The van der Waals surface area contributed by atoms with Crippen LogP contribution in [0.4, 0.5) is 11.4 Å². The van der Waals surface area contributed by atoms with E-state index in [4.69, 9.17) is 10.1 Å². The van der Waals surface area contributed by atoms with Crippen LogP contribution in [0.1, 0.15) is 131 Å². The first-order valence-electron chi connectivity index (χ1n) is 16.2. The van der Waals surface area contributed by atoms with Gasteiger partial charge in [-0.15, -0.1) is 0 Å². The summed E-state index contributed by atoms with van der Waals surface area (Å²) < 4.78 is 0. The van der Waals surface area contributed by atoms with Crippen LogP contribution in [0, 0.1) is 0 Å². The molecule has 0 fully saturated rings. The largest absolute Gasteiger partial charge is 0.481 e. The van der Waals surface area contributed by atoms with Gasteiger partial charge in [0.1, 0.15) is 0 Å². The number of nitrogens with zero attached hydrogens (tertiary/aromatic N) is 3. The van der Waals surface area contributed by atoms with Crippen molar-refractivity contribution in [2.24, 2.45) is 4.99 Å². The van der Waals surface area contributed by atoms with Crippen molar-refractivity contribution in [2.75, 3.05) is 36.0 Å². The fraction of sp³-hybridized carbons (Fsp3) is 0.611. The quantitative estimate of drug-likeness (QED) is 0.357. The normalized spacial score (nSPS) is 22.6. The topological polar surface area (TPSA) is 56.1 Å². The number of unbranched alkanes of at least 4 members (excludes halogenated alkanes) is 2. The molecule has 0 amide bonds. The molecule has 3 aliphatic heterocycles. The number of carboxylic acids is 1. The lowest BCUT2D eigenvalue weighted by atomic mass is 9.63. The number of carbonyl (C=O) groups is 1. The molecular weight excluding hydrogens is 506 g/mol. The fourth-order valence-corrected chi connectivity index (χ4v) is 8.81. The Hall–Kier alpha value is -2.82. The van der Waals surface area contributed by atoms with E-state index in [0.717, 1.165) is 51.6 Å². The highest BCUT2D eigenvalue weighted by atomic mass is 16.4. The number of fused-ring (bicyclic) bond motifs is 4. The molecule has 220 valence electrons. The summed E-state index contributed by atoms with van der Waals surface area (Å²) in [6.45, 7) is 18.5. The maximum Gasteiger partial charge on any atom is 0.303 e. The zero-order valence-corrected chi connectivity index (χ0v) is 26.2. The number of benzene rings is 2. The van der Waals surface area contributed by atoms with Crippen molar-refractivity contribution in [2.45, 2.75) is 116 Å². The maximum absolute atomic E-state index is 11.0. The van der Waals surface area contributed by atoms with Crippen LogP contribution in [0.25, 0.3) is 0 Å². The third-order valence-electron chi connectivity index (χ3n) is 10.5. The molecular formula is C36H49N3O2. The summed E-state index contributed by atoms with van der Waals surface area (Å²) in [4.78, 5) is 21.7. The van der Waals surface area contributed by atoms with E-state index in [2.05, 4.69) is 69.5 Å². The molecule has 2 aromatic rings. The van der Waals surface area contributed by atoms with E-state index in [1.807, 2.05) is 0 Å². The number of anilines is 2. The van der Waals surface area contributed by atoms with Gasteiger partial charge in [0.25, 0.3) is 0 Å². The molecule has 0 saturated heterocycles. The van der Waals surface area contributed by atoms with E-state index in [1.165, 1.54) is 76.4 Å². The predicted octanol–water partition coefficient (Wildman–Crippen LogP) is 7.62. The van der Waals surface area contributed by atoms with Crippen LogP contribution in [0.15, 0.2) is 23.2 Å². The lowest BCUT2D eigenvalue weighted by Crippen LogP contribution is -2.48. The Morgan fingerprint density at radius 3 is 2.51 bits per heavy atom. The van der Waals surface area contributed by atoms with E-state index in [-0.39, 0.29) is 17.4 Å². The first-order valence-corrected chi connectivity index (χ1v) is 16.2. The third-order valence-corrected chi connectivity index (χ3v) is 10.5. The number of hydrogen-bond acceptors (Lipinski definition) is 4. The van der Waals surface area contributed by atoms with E-state index in [1.54, 1.807) is 5.56 Å². The minimum absolute atomic E-state index is 0.116. The van der Waals surface area contributed by atoms with E-state index < -0.39 is 5.97 Å². The summed E-state index contributed by atoms with van der Waals surface area (Å²) >= 11 is 0. The van der Waals surface area contributed by atoms with Crippen LogP contribution in [0.3, 0.4) is 0 Å². The number of aliphatic carboxylic acids is 1. The molecule has 5 heteroatoms. The van der Waals surface area contributed by atoms with Gasteiger partial charge >= 0.3 is 5.97 Å². The van der Waals surface area contributed by atoms with Gasteiger partial charge in [-0.05, 0) is 118 Å². The zero-order valence-electron chi connectivity index (χ0n) is 26.2. The van der Waals surface area contributed by atoms with Gasteiger partial charge in [-0.2, -0.15) is 0 Å². The van der Waals surface area contributed by atoms with Gasteiger partial charge in [0, 0.05) is 66.1 Å². The Kier molecular flexibility index (Phi) is 7.23. The first-order chi connectivity index (χ1) is 19.5. The van der Waals surface area contributed by atoms with E-state index in [9.17, 15) is 4.79 Å². The summed E-state index contributed by atoms with van der Waals surface area (Å²) in [5.74, 6) is -0.210. The van der Waals surface area contributed by atoms with Crippen molar-refractivity contribution in [3.8, 4) is 0 Å². The van der Waals surface area contributed by atoms with Crippen molar-refractivity contribution in [3.63, 3.8) is 0 Å². The number of rotatable bonds is 7. The molecule has 1 unspecified atom stereocenters. The fourth-order valence-electron chi connectivity index (χ4n) is 8.81. The summed E-state index contributed by atoms with van der Waals surface area (Å²) in [7, 11) is 0. The Morgan fingerprint density at radius 2 is 1.78 bits per heavy atom. The van der Waals surface area contributed by atoms with Crippen LogP contribution in [0.2, 0.25) is 0 Å². The predicted molar refractivity (Wildman–Crippen MR) is 171 cm³/mol. The molecule has 0 bridgehead atoms. The van der Waals surface area contributed by atoms with Crippen molar-refractivity contribution in [1.82, 2.24) is 0 Å². The first kappa shape index (κ1) is 28.3. The number of aliphatic imine (C=N–C) groups is 1. The average molecular weight is 556 g/mol. The van der Waals surface area contributed by atoms with Crippen LogP contribution >= 0.6 is 0 Å². The van der Waals surface area contributed by atoms with Gasteiger partial charge in [-0.25, -0.2) is 0 Å². The number of aryl methyl sites for hydroxylation is 1. The summed E-state index contributed by atoms with van der Waals surface area (Å²) in [5.41, 5.74) is 14.3. The molecule has 5 nitrogen and oxygen atoms in total. The van der Waals surface area contributed by atoms with Gasteiger partial charge in [-0.1, -0.05) is 27.2 Å². The van der Waals surface area contributed by atoms with Crippen LogP contribution in [-0.4, -0.2) is 48.5 Å². The average Bonchev–Trinajstić information content (AvgIpc) is 2.91. The molecule has 0 spiro atoms. The smallest absolute Gasteiger partial charge is 0.303 e. The van der Waals surface area contributed by atoms with Gasteiger partial charge in [0.05, 0.1) is 5.71 Å². The molecule has 1 N–H and O–H groups in total. The summed E-state index contributed by atoms with van der Waals surface area (Å²) in [6.07, 6.45) is 8.71. The highest BCUT2D eigenvalue weighted by Crippen LogP contribution is 2.52. The Labute approximate surface area is 247 Å². The second-order valence-corrected chi connectivity index (χ2v) is 14.2. The van der Waals surface area contributed by atoms with Crippen molar-refractivity contribution < 1.29 is 9.90 Å². The van der Waals surface area contributed by atoms with Gasteiger partial charge in [0.15, 0.2) is 0 Å². The molecule has 1 aliphatic carbocycles. The molecule has 6 rings (SSSR count). The third kappa shape index (κ3) is 4.68. The number of hydrogen-bond donors (Lipinski definition) is 1. The van der Waals surface area contributed by atoms with Crippen LogP contribution in [-0.2, 0) is 23.1 Å². The second-order valence-electron chi connectivity index (χ2n) is 14.2. The van der Waals surface area contributed by atoms with Crippen molar-refractivity contribution in [1.29, 1.82) is 0 Å². The molecule has 0 aromatic heterocycles. The minimum Gasteiger partial charge on any atom is -0.481 e. The lowest BCUT2D eigenvalue weighted by Gasteiger charge is -2.49. The molecule has 1 atom stereocenters. The molecule has 3 heterocycles. The van der Waals surface area contributed by atoms with Crippen LogP contribution < -0.4 is 9.80 Å². The van der Waals surface area contributed by atoms with Gasteiger partial charge < -0.3 is 14.9 Å². The summed E-state index contributed by atoms with van der Waals surface area (Å²) in [6, 6.07) is 7.58. The molecule has 4 aliphatic rings. The SMILES string of the molecule is CCN1c2cc3c(cc2C(C)CC1(C)C)C(=NCCCCCC(=O)O)c1cc2c4c(c1C3(C)C)CCCN4CCC2. The molecule has 41 heavy (non-hydrogen) atoms. The summed E-state index contributed by atoms with van der Waals surface area (Å²) in [5, 5.41) is 9.06. The van der Waals surface area contributed by atoms with Gasteiger partial charge in [0.2, 0.25) is 0 Å². The second kappa shape index (κ2) is 10.5. The number of carboxylic acid groups (broad SMARTS) is 1. The van der Waals surface area contributed by atoms with Gasteiger partial charge in [-0.3, -0.25) is 9.79 Å².